The number of hydrogen-bond donors (Lipinski definition) is 1. The van der Waals surface area contributed by atoms with E-state index < -0.39 is 5.95 Å². The molecule has 1 heterocycles. The molecule has 1 aromatic carbocycles. The lowest BCUT2D eigenvalue weighted by atomic mass is 9.95. The Morgan fingerprint density at radius 3 is 2.62 bits per heavy atom. The zero-order valence-corrected chi connectivity index (χ0v) is 15.1. The predicted octanol–water partition coefficient (Wildman–Crippen LogP) is 4.90. The normalized spacial score (nSPS) is 12.0. The molecule has 1 atom stereocenters. The average Bonchev–Trinajstić information content (AvgIpc) is 2.58. The predicted molar refractivity (Wildman–Crippen MR) is 94.9 cm³/mol. The van der Waals surface area contributed by atoms with Gasteiger partial charge in [-0.15, -0.1) is 0 Å². The van der Waals surface area contributed by atoms with E-state index in [9.17, 15) is 9.18 Å². The van der Waals surface area contributed by atoms with Crippen LogP contribution in [0, 0.1) is 5.95 Å². The number of carbonyl (C=O) groups excluding carboxylic acids is 1. The summed E-state index contributed by atoms with van der Waals surface area (Å²) in [6.07, 6.45) is 2.86. The minimum Gasteiger partial charge on any atom is -0.351 e. The Morgan fingerprint density at radius 2 is 2.00 bits per heavy atom. The molecule has 128 valence electrons. The van der Waals surface area contributed by atoms with E-state index in [0.29, 0.717) is 22.0 Å². The monoisotopic (exact) mass is 368 g/mol. The van der Waals surface area contributed by atoms with E-state index in [2.05, 4.69) is 10.3 Å². The molecule has 0 aliphatic heterocycles. The summed E-state index contributed by atoms with van der Waals surface area (Å²) in [4.78, 5) is 16.2. The van der Waals surface area contributed by atoms with E-state index in [1.54, 1.807) is 24.3 Å². The van der Waals surface area contributed by atoms with Crippen molar-refractivity contribution < 1.29 is 9.18 Å². The summed E-state index contributed by atoms with van der Waals surface area (Å²) in [6, 6.07) is 6.87. The Kier molecular flexibility index (Phi) is 6.58. The second kappa shape index (κ2) is 8.45. The van der Waals surface area contributed by atoms with Crippen LogP contribution in [0.25, 0.3) is 0 Å². The Balaban J connectivity index is 2.11. The number of carbonyl (C=O) groups is 1. The van der Waals surface area contributed by atoms with Crippen molar-refractivity contribution in [2.24, 2.45) is 0 Å². The number of rotatable bonds is 6. The van der Waals surface area contributed by atoms with Gasteiger partial charge in [0.25, 0.3) is 0 Å². The van der Waals surface area contributed by atoms with Crippen LogP contribution in [-0.4, -0.2) is 10.9 Å². The lowest BCUT2D eigenvalue weighted by Crippen LogP contribution is -2.29. The molecular formula is C18H19Cl2FN2O. The average molecular weight is 369 g/mol. The zero-order chi connectivity index (χ0) is 17.7. The van der Waals surface area contributed by atoms with Crippen LogP contribution >= 0.6 is 23.2 Å². The summed E-state index contributed by atoms with van der Waals surface area (Å²) in [6.45, 7) is 3.98. The highest BCUT2D eigenvalue weighted by Gasteiger charge is 2.20. The number of amides is 1. The summed E-state index contributed by atoms with van der Waals surface area (Å²) < 4.78 is 13.8. The third-order valence-corrected chi connectivity index (χ3v) is 4.64. The van der Waals surface area contributed by atoms with Gasteiger partial charge in [-0.1, -0.05) is 43.1 Å². The van der Waals surface area contributed by atoms with Crippen molar-refractivity contribution in [2.75, 3.05) is 0 Å². The fraction of sp³-hybridized carbons (Fsp3) is 0.333. The van der Waals surface area contributed by atoms with Crippen molar-refractivity contribution in [3.8, 4) is 0 Å². The number of benzene rings is 1. The van der Waals surface area contributed by atoms with Crippen molar-refractivity contribution in [3.05, 3.63) is 63.1 Å². The van der Waals surface area contributed by atoms with Gasteiger partial charge in [0.05, 0.1) is 16.0 Å². The lowest BCUT2D eigenvalue weighted by molar-refractivity contribution is -0.122. The van der Waals surface area contributed by atoms with Crippen LogP contribution in [0.3, 0.4) is 0 Å². The number of nitrogens with one attached hydrogen (secondary N) is 1. The van der Waals surface area contributed by atoms with Crippen molar-refractivity contribution in [1.29, 1.82) is 0 Å². The Morgan fingerprint density at radius 1 is 1.25 bits per heavy atom. The van der Waals surface area contributed by atoms with E-state index in [4.69, 9.17) is 23.2 Å². The highest BCUT2D eigenvalue weighted by Crippen LogP contribution is 2.28. The van der Waals surface area contributed by atoms with Gasteiger partial charge in [-0.05, 0) is 42.2 Å². The first-order valence-corrected chi connectivity index (χ1v) is 8.57. The molecule has 1 N–H and O–H groups in total. The first-order chi connectivity index (χ1) is 11.5. The van der Waals surface area contributed by atoms with Gasteiger partial charge in [-0.2, -0.15) is 4.39 Å². The van der Waals surface area contributed by atoms with Gasteiger partial charge < -0.3 is 5.32 Å². The van der Waals surface area contributed by atoms with Crippen LogP contribution in [0.1, 0.15) is 42.9 Å². The van der Waals surface area contributed by atoms with E-state index in [-0.39, 0.29) is 18.4 Å². The topological polar surface area (TPSA) is 42.0 Å². The molecule has 0 unspecified atom stereocenters. The molecule has 0 saturated carbocycles. The first-order valence-electron chi connectivity index (χ1n) is 7.82. The highest BCUT2D eigenvalue weighted by atomic mass is 35.5. The standard InChI is InChI=1S/C18H19Cl2FN2O/c1-3-11-7-13(17(21)22-9-11)10-23-18(24)14(4-2)12-5-6-15(19)16(20)8-12/h5-9,14H,3-4,10H2,1-2H3,(H,23,24)/t14-/m0/s1. The van der Waals surface area contributed by atoms with Gasteiger partial charge in [0.15, 0.2) is 0 Å². The van der Waals surface area contributed by atoms with E-state index >= 15 is 0 Å². The third-order valence-electron chi connectivity index (χ3n) is 3.90. The molecule has 0 fully saturated rings. The molecule has 1 aromatic heterocycles. The molecule has 0 saturated heterocycles. The van der Waals surface area contributed by atoms with E-state index in [1.807, 2.05) is 13.8 Å². The summed E-state index contributed by atoms with van der Waals surface area (Å²) >= 11 is 11.9. The zero-order valence-electron chi connectivity index (χ0n) is 13.6. The molecule has 0 spiro atoms. The first kappa shape index (κ1) is 18.7. The fourth-order valence-corrected chi connectivity index (χ4v) is 2.77. The van der Waals surface area contributed by atoms with Gasteiger partial charge >= 0.3 is 0 Å². The van der Waals surface area contributed by atoms with Crippen LogP contribution in [0.15, 0.2) is 30.5 Å². The quantitative estimate of drug-likeness (QED) is 0.736. The maximum absolute atomic E-state index is 13.8. The summed E-state index contributed by atoms with van der Waals surface area (Å²) in [5, 5.41) is 3.63. The molecule has 3 nitrogen and oxygen atoms in total. The summed E-state index contributed by atoms with van der Waals surface area (Å²) in [5.74, 6) is -1.11. The van der Waals surface area contributed by atoms with E-state index in [1.165, 1.54) is 6.20 Å². The molecule has 0 radical (unpaired) electrons. The number of halogens is 3. The Labute approximate surface area is 151 Å². The van der Waals surface area contributed by atoms with Crippen LogP contribution in [0.4, 0.5) is 4.39 Å². The van der Waals surface area contributed by atoms with E-state index in [0.717, 1.165) is 17.5 Å². The van der Waals surface area contributed by atoms with Gasteiger partial charge in [0.1, 0.15) is 0 Å². The van der Waals surface area contributed by atoms with Gasteiger partial charge in [0, 0.05) is 18.3 Å². The molecular weight excluding hydrogens is 350 g/mol. The number of pyridine rings is 1. The SMILES string of the molecule is CCc1cnc(F)c(CNC(=O)[C@@H](CC)c2ccc(Cl)c(Cl)c2)c1. The van der Waals surface area contributed by atoms with Gasteiger partial charge in [-0.25, -0.2) is 4.98 Å². The molecule has 0 bridgehead atoms. The summed E-state index contributed by atoms with van der Waals surface area (Å²) in [5.41, 5.74) is 2.09. The molecule has 2 rings (SSSR count). The van der Waals surface area contributed by atoms with Gasteiger partial charge in [-0.3, -0.25) is 4.79 Å². The molecule has 6 heteroatoms. The highest BCUT2D eigenvalue weighted by molar-refractivity contribution is 6.42. The van der Waals surface area contributed by atoms with Crippen LogP contribution in [0.5, 0.6) is 0 Å². The molecule has 24 heavy (non-hydrogen) atoms. The number of aryl methyl sites for hydroxylation is 1. The molecule has 2 aromatic rings. The van der Waals surface area contributed by atoms with Gasteiger partial charge in [0.2, 0.25) is 11.9 Å². The van der Waals surface area contributed by atoms with Crippen molar-refractivity contribution >= 4 is 29.1 Å². The summed E-state index contributed by atoms with van der Waals surface area (Å²) in [7, 11) is 0. The van der Waals surface area contributed by atoms with Crippen molar-refractivity contribution in [2.45, 2.75) is 39.2 Å². The number of aromatic nitrogens is 1. The second-order valence-electron chi connectivity index (χ2n) is 5.50. The van der Waals surface area contributed by atoms with Crippen molar-refractivity contribution in [3.63, 3.8) is 0 Å². The van der Waals surface area contributed by atoms with Crippen LogP contribution in [0.2, 0.25) is 10.0 Å². The smallest absolute Gasteiger partial charge is 0.227 e. The largest absolute Gasteiger partial charge is 0.351 e. The molecule has 1 amide bonds. The Bertz CT molecular complexity index is 737. The number of nitrogens with zero attached hydrogens (tertiary/aromatic N) is 1. The molecule has 0 aliphatic rings. The number of hydrogen-bond acceptors (Lipinski definition) is 2. The fourth-order valence-electron chi connectivity index (χ4n) is 2.47. The maximum Gasteiger partial charge on any atom is 0.227 e. The van der Waals surface area contributed by atoms with Crippen LogP contribution < -0.4 is 5.32 Å². The minimum atomic E-state index is -0.560. The van der Waals surface area contributed by atoms with Crippen LogP contribution in [-0.2, 0) is 17.8 Å². The molecule has 0 aliphatic carbocycles. The van der Waals surface area contributed by atoms with Crippen molar-refractivity contribution in [1.82, 2.24) is 10.3 Å². The lowest BCUT2D eigenvalue weighted by Gasteiger charge is -2.16. The minimum absolute atomic E-state index is 0.101. The maximum atomic E-state index is 13.8. The second-order valence-corrected chi connectivity index (χ2v) is 6.31. The third kappa shape index (κ3) is 4.46. The Hall–Kier alpha value is -1.65.